The van der Waals surface area contributed by atoms with Gasteiger partial charge in [0.1, 0.15) is 17.7 Å². The molecule has 0 aromatic carbocycles. The van der Waals surface area contributed by atoms with Gasteiger partial charge >= 0.3 is 12.1 Å². The number of terminal acetylenes is 1. The molecule has 136 valence electrons. The number of amides is 1. The maximum Gasteiger partial charge on any atom is 0.408 e. The van der Waals surface area contributed by atoms with Crippen LogP contribution in [0.1, 0.15) is 67.2 Å². The third-order valence-corrected chi connectivity index (χ3v) is 3.78. The predicted octanol–water partition coefficient (Wildman–Crippen LogP) is 3.66. The fourth-order valence-corrected chi connectivity index (χ4v) is 2.41. The standard InChI is InChI=1S/C19H31NO4/c1-8-9-10-11-13-12-14(13)23-17(22)20-15(18(2,3)4)16(21)24-19(5,6)7/h1,13-15H,9-12H2,2-7H3,(H,20,22)/t13-,14-,15-/m1/s1. The Bertz CT molecular complexity index is 493. The molecule has 1 fully saturated rings. The molecule has 0 aliphatic heterocycles. The van der Waals surface area contributed by atoms with E-state index in [1.54, 1.807) is 20.8 Å². The van der Waals surface area contributed by atoms with Gasteiger partial charge in [-0.15, -0.1) is 12.3 Å². The smallest absolute Gasteiger partial charge is 0.408 e. The summed E-state index contributed by atoms with van der Waals surface area (Å²) in [5, 5.41) is 2.67. The van der Waals surface area contributed by atoms with E-state index >= 15 is 0 Å². The van der Waals surface area contributed by atoms with Crippen LogP contribution in [0.25, 0.3) is 0 Å². The summed E-state index contributed by atoms with van der Waals surface area (Å²) in [5.74, 6) is 2.55. The molecular weight excluding hydrogens is 306 g/mol. The van der Waals surface area contributed by atoms with Gasteiger partial charge in [-0.2, -0.15) is 0 Å². The van der Waals surface area contributed by atoms with Crippen molar-refractivity contribution in [1.82, 2.24) is 5.32 Å². The summed E-state index contributed by atoms with van der Waals surface area (Å²) >= 11 is 0. The average Bonchev–Trinajstić information content (AvgIpc) is 3.11. The maximum absolute atomic E-state index is 12.4. The van der Waals surface area contributed by atoms with Gasteiger partial charge in [0.05, 0.1) is 0 Å². The second-order valence-electron chi connectivity index (χ2n) is 8.51. The predicted molar refractivity (Wildman–Crippen MR) is 93.3 cm³/mol. The summed E-state index contributed by atoms with van der Waals surface area (Å²) in [4.78, 5) is 24.5. The number of ether oxygens (including phenoxy) is 2. The first-order valence-electron chi connectivity index (χ1n) is 8.57. The van der Waals surface area contributed by atoms with E-state index in [2.05, 4.69) is 11.2 Å². The third-order valence-electron chi connectivity index (χ3n) is 3.78. The van der Waals surface area contributed by atoms with Crippen molar-refractivity contribution in [2.75, 3.05) is 0 Å². The van der Waals surface area contributed by atoms with Crippen LogP contribution in [0, 0.1) is 23.7 Å². The lowest BCUT2D eigenvalue weighted by molar-refractivity contribution is -0.160. The highest BCUT2D eigenvalue weighted by atomic mass is 16.6. The number of hydrogen-bond acceptors (Lipinski definition) is 4. The van der Waals surface area contributed by atoms with Gasteiger partial charge in [-0.05, 0) is 51.4 Å². The minimum absolute atomic E-state index is 0.0676. The normalized spacial score (nSPS) is 21.4. The lowest BCUT2D eigenvalue weighted by Crippen LogP contribution is -2.51. The van der Waals surface area contributed by atoms with Crippen molar-refractivity contribution < 1.29 is 19.1 Å². The Labute approximate surface area is 145 Å². The fraction of sp³-hybridized carbons (Fsp3) is 0.789. The van der Waals surface area contributed by atoms with Crippen LogP contribution in [-0.2, 0) is 14.3 Å². The zero-order valence-electron chi connectivity index (χ0n) is 15.8. The first kappa shape index (κ1) is 20.3. The molecule has 0 radical (unpaired) electrons. The summed E-state index contributed by atoms with van der Waals surface area (Å²) in [6.07, 6.45) is 8.13. The van der Waals surface area contributed by atoms with Crippen LogP contribution in [0.15, 0.2) is 0 Å². The molecule has 0 aromatic heterocycles. The van der Waals surface area contributed by atoms with Gasteiger partial charge in [0.15, 0.2) is 0 Å². The maximum atomic E-state index is 12.4. The van der Waals surface area contributed by atoms with Gasteiger partial charge in [-0.25, -0.2) is 9.59 Å². The lowest BCUT2D eigenvalue weighted by atomic mass is 9.86. The minimum atomic E-state index is -0.761. The van der Waals surface area contributed by atoms with Crippen molar-refractivity contribution in [2.45, 2.75) is 85.0 Å². The van der Waals surface area contributed by atoms with Crippen molar-refractivity contribution in [1.29, 1.82) is 0 Å². The van der Waals surface area contributed by atoms with E-state index in [-0.39, 0.29) is 6.10 Å². The van der Waals surface area contributed by atoms with E-state index in [9.17, 15) is 9.59 Å². The molecule has 1 amide bonds. The van der Waals surface area contributed by atoms with Crippen LogP contribution < -0.4 is 5.32 Å². The molecule has 0 unspecified atom stereocenters. The zero-order valence-corrected chi connectivity index (χ0v) is 15.8. The van der Waals surface area contributed by atoms with Crippen molar-refractivity contribution in [3.05, 3.63) is 0 Å². The highest BCUT2D eigenvalue weighted by Crippen LogP contribution is 2.38. The number of hydrogen-bond donors (Lipinski definition) is 1. The summed E-state index contributed by atoms with van der Waals surface area (Å²) in [5.41, 5.74) is -1.08. The van der Waals surface area contributed by atoms with Gasteiger partial charge < -0.3 is 14.8 Å². The van der Waals surface area contributed by atoms with Crippen LogP contribution in [0.5, 0.6) is 0 Å². The minimum Gasteiger partial charge on any atom is -0.458 e. The van der Waals surface area contributed by atoms with Crippen LogP contribution in [0.3, 0.4) is 0 Å². The molecule has 1 rings (SSSR count). The molecule has 0 bridgehead atoms. The van der Waals surface area contributed by atoms with Crippen LogP contribution in [-0.4, -0.2) is 29.8 Å². The number of carbonyl (C=O) groups excluding carboxylic acids is 2. The first-order valence-corrected chi connectivity index (χ1v) is 8.57. The monoisotopic (exact) mass is 337 g/mol. The van der Waals surface area contributed by atoms with E-state index in [0.29, 0.717) is 5.92 Å². The Morgan fingerprint density at radius 1 is 1.25 bits per heavy atom. The fourth-order valence-electron chi connectivity index (χ4n) is 2.41. The van der Waals surface area contributed by atoms with E-state index < -0.39 is 29.1 Å². The highest BCUT2D eigenvalue weighted by molar-refractivity contribution is 5.82. The van der Waals surface area contributed by atoms with Crippen LogP contribution >= 0.6 is 0 Å². The van der Waals surface area contributed by atoms with Crippen molar-refractivity contribution >= 4 is 12.1 Å². The number of esters is 1. The average molecular weight is 337 g/mol. The molecule has 0 heterocycles. The Balaban J connectivity index is 2.52. The number of nitrogens with one attached hydrogen (secondary N) is 1. The summed E-state index contributed by atoms with van der Waals surface area (Å²) in [6.45, 7) is 11.0. The van der Waals surface area contributed by atoms with Crippen LogP contribution in [0.2, 0.25) is 0 Å². The molecular formula is C19H31NO4. The second kappa shape index (κ2) is 7.92. The third kappa shape index (κ3) is 7.25. The molecule has 3 atom stereocenters. The quantitative estimate of drug-likeness (QED) is 0.456. The molecule has 5 heteroatoms. The van der Waals surface area contributed by atoms with Crippen molar-refractivity contribution in [3.63, 3.8) is 0 Å². The van der Waals surface area contributed by atoms with Crippen LogP contribution in [0.4, 0.5) is 4.79 Å². The van der Waals surface area contributed by atoms with Crippen molar-refractivity contribution in [2.24, 2.45) is 11.3 Å². The Hall–Kier alpha value is -1.70. The molecule has 24 heavy (non-hydrogen) atoms. The van der Waals surface area contributed by atoms with Gasteiger partial charge in [-0.3, -0.25) is 0 Å². The SMILES string of the molecule is C#CCCC[C@@H]1C[C@H]1OC(=O)N[C@H](C(=O)OC(C)(C)C)C(C)(C)C. The van der Waals surface area contributed by atoms with E-state index in [1.807, 2.05) is 20.8 Å². The number of alkyl carbamates (subject to hydrolysis) is 1. The Morgan fingerprint density at radius 2 is 1.88 bits per heavy atom. The molecule has 5 nitrogen and oxygen atoms in total. The number of carbonyl (C=O) groups is 2. The van der Waals surface area contributed by atoms with E-state index in [4.69, 9.17) is 15.9 Å². The van der Waals surface area contributed by atoms with Crippen molar-refractivity contribution in [3.8, 4) is 12.3 Å². The Morgan fingerprint density at radius 3 is 2.38 bits per heavy atom. The van der Waals surface area contributed by atoms with E-state index in [0.717, 1.165) is 25.7 Å². The van der Waals surface area contributed by atoms with Gasteiger partial charge in [0.25, 0.3) is 0 Å². The zero-order chi connectivity index (χ0) is 18.5. The molecule has 1 aliphatic rings. The van der Waals surface area contributed by atoms with Gasteiger partial charge in [0, 0.05) is 6.42 Å². The molecule has 0 aromatic rings. The largest absolute Gasteiger partial charge is 0.458 e. The summed E-state index contributed by atoms with van der Waals surface area (Å²) in [7, 11) is 0. The summed E-state index contributed by atoms with van der Waals surface area (Å²) < 4.78 is 10.8. The second-order valence-corrected chi connectivity index (χ2v) is 8.51. The highest BCUT2D eigenvalue weighted by Gasteiger charge is 2.42. The lowest BCUT2D eigenvalue weighted by Gasteiger charge is -2.32. The summed E-state index contributed by atoms with van der Waals surface area (Å²) in [6, 6.07) is -0.761. The molecule has 0 saturated heterocycles. The molecule has 1 saturated carbocycles. The molecule has 0 spiro atoms. The molecule has 1 N–H and O–H groups in total. The number of unbranched alkanes of at least 4 members (excludes halogenated alkanes) is 1. The number of rotatable bonds is 6. The van der Waals surface area contributed by atoms with E-state index in [1.165, 1.54) is 0 Å². The van der Waals surface area contributed by atoms with Gasteiger partial charge in [-0.1, -0.05) is 20.8 Å². The Kier molecular flexibility index (Phi) is 6.71. The topological polar surface area (TPSA) is 64.6 Å². The van der Waals surface area contributed by atoms with Gasteiger partial charge in [0.2, 0.25) is 0 Å². The molecule has 1 aliphatic carbocycles. The first-order chi connectivity index (χ1) is 10.9.